The van der Waals surface area contributed by atoms with Gasteiger partial charge in [0.2, 0.25) is 0 Å². The molecule has 2 aromatic rings. The van der Waals surface area contributed by atoms with Crippen LogP contribution >= 0.6 is 34.5 Å². The second-order valence-corrected chi connectivity index (χ2v) is 13.0. The van der Waals surface area contributed by atoms with Crippen molar-refractivity contribution in [2.24, 2.45) is 5.16 Å². The molecule has 1 fully saturated rings. The van der Waals surface area contributed by atoms with Gasteiger partial charge in [-0.15, -0.1) is 0 Å². The highest BCUT2D eigenvalue weighted by atomic mass is 35.5. The molecule has 2 aliphatic heterocycles. The number of oxime groups is 1. The first-order valence-corrected chi connectivity index (χ1v) is 14.5. The minimum Gasteiger partial charge on any atom is -0.399 e. The van der Waals surface area contributed by atoms with Gasteiger partial charge < -0.3 is 14.9 Å². The molecule has 0 radical (unpaired) electrons. The molecule has 1 aromatic carbocycles. The number of carbonyl (C=O) groups excluding carboxylic acids is 1. The molecule has 1 saturated heterocycles. The fraction of sp³-hybridized carbons (Fsp3) is 0.455. The van der Waals surface area contributed by atoms with E-state index in [0.717, 1.165) is 41.9 Å². The molecule has 1 aromatic heterocycles. The Kier molecular flexibility index (Phi) is 6.65. The maximum absolute atomic E-state index is 14.4. The fourth-order valence-electron chi connectivity index (χ4n) is 4.65. The predicted octanol–water partition coefficient (Wildman–Crippen LogP) is 5.54. The molecule has 0 saturated carbocycles. The van der Waals surface area contributed by atoms with Crippen LogP contribution in [0.25, 0.3) is 0 Å². The van der Waals surface area contributed by atoms with E-state index in [2.05, 4.69) is 10.5 Å². The van der Waals surface area contributed by atoms with Gasteiger partial charge in [-0.3, -0.25) is 0 Å². The van der Waals surface area contributed by atoms with E-state index in [1.807, 2.05) is 0 Å². The Hall–Kier alpha value is -2.09. The zero-order valence-electron chi connectivity index (χ0n) is 18.8. The summed E-state index contributed by atoms with van der Waals surface area (Å²) < 4.78 is 85.2. The summed E-state index contributed by atoms with van der Waals surface area (Å²) >= 11 is 12.5. The number of nitrogens with one attached hydrogen (secondary N) is 1. The maximum atomic E-state index is 14.4. The third-order valence-electron chi connectivity index (χ3n) is 6.50. The van der Waals surface area contributed by atoms with Crippen LogP contribution in [0, 0.1) is 5.82 Å². The number of carbonyl (C=O) groups is 1. The van der Waals surface area contributed by atoms with Gasteiger partial charge in [0.25, 0.3) is 5.60 Å². The van der Waals surface area contributed by atoms with Crippen LogP contribution in [0.5, 0.6) is 5.06 Å². The lowest BCUT2D eigenvalue weighted by atomic mass is 9.86. The number of ether oxygens (including phenoxy) is 1. The Morgan fingerprint density at radius 2 is 1.78 bits per heavy atom. The first-order valence-electron chi connectivity index (χ1n) is 11.1. The average Bonchev–Trinajstić information content (AvgIpc) is 3.39. The molecule has 1 N–H and O–H groups in total. The summed E-state index contributed by atoms with van der Waals surface area (Å²) in [5, 5.41) is 5.30. The minimum absolute atomic E-state index is 0.00242. The van der Waals surface area contributed by atoms with Crippen molar-refractivity contribution in [3.63, 3.8) is 0 Å². The van der Waals surface area contributed by atoms with Crippen molar-refractivity contribution in [1.82, 2.24) is 5.32 Å². The predicted molar refractivity (Wildman–Crippen MR) is 129 cm³/mol. The summed E-state index contributed by atoms with van der Waals surface area (Å²) in [5.41, 5.74) is -2.02. The molecule has 3 heterocycles. The Balaban J connectivity index is 1.44. The van der Waals surface area contributed by atoms with E-state index >= 15 is 0 Å². The summed E-state index contributed by atoms with van der Waals surface area (Å²) in [5.74, 6) is -1.41. The third-order valence-corrected chi connectivity index (χ3v) is 10.1. The molecule has 3 aliphatic rings. The second kappa shape index (κ2) is 9.28. The minimum atomic E-state index is -4.96. The van der Waals surface area contributed by atoms with Crippen molar-refractivity contribution in [1.29, 1.82) is 0 Å². The zero-order chi connectivity index (χ0) is 26.8. The number of hydrogen-bond donors (Lipinski definition) is 1. The van der Waals surface area contributed by atoms with Gasteiger partial charge in [0.1, 0.15) is 5.71 Å². The highest BCUT2D eigenvalue weighted by molar-refractivity contribution is 7.92. The number of alkyl halides is 3. The molecular weight excluding hydrogens is 583 g/mol. The Morgan fingerprint density at radius 3 is 2.38 bits per heavy atom. The number of thiophene rings is 1. The van der Waals surface area contributed by atoms with E-state index in [9.17, 15) is 30.8 Å². The van der Waals surface area contributed by atoms with Crippen LogP contribution in [-0.2, 0) is 33.1 Å². The van der Waals surface area contributed by atoms with E-state index in [0.29, 0.717) is 23.3 Å². The summed E-state index contributed by atoms with van der Waals surface area (Å²) in [6.07, 6.45) is -3.86. The molecule has 1 atom stereocenters. The quantitative estimate of drug-likeness (QED) is 0.367. The van der Waals surface area contributed by atoms with E-state index < -0.39 is 61.6 Å². The van der Waals surface area contributed by atoms with Gasteiger partial charge in [-0.05, 0) is 43.4 Å². The maximum Gasteiger partial charge on any atom is 0.435 e. The van der Waals surface area contributed by atoms with E-state index in [-0.39, 0.29) is 22.3 Å². The summed E-state index contributed by atoms with van der Waals surface area (Å²) in [7, 11) is -3.15. The normalized spacial score (nSPS) is 23.0. The van der Waals surface area contributed by atoms with Crippen LogP contribution in [0.15, 0.2) is 17.3 Å². The number of nitrogens with zero attached hydrogens (tertiary/aromatic N) is 1. The Morgan fingerprint density at radius 1 is 1.16 bits per heavy atom. The molecule has 200 valence electrons. The monoisotopic (exact) mass is 600 g/mol. The van der Waals surface area contributed by atoms with Gasteiger partial charge in [0.15, 0.2) is 20.7 Å². The lowest BCUT2D eigenvalue weighted by molar-refractivity contribution is -0.275. The van der Waals surface area contributed by atoms with Crippen molar-refractivity contribution in [2.45, 2.75) is 49.9 Å². The number of rotatable bonds is 4. The van der Waals surface area contributed by atoms with Gasteiger partial charge in [-0.2, -0.15) is 13.2 Å². The molecular formula is C22H18Cl2F4N2O5S2. The lowest BCUT2D eigenvalue weighted by Crippen LogP contribution is -2.53. The fourth-order valence-corrected chi connectivity index (χ4v) is 7.66. The Bertz CT molecular complexity index is 1390. The van der Waals surface area contributed by atoms with Gasteiger partial charge in [-0.25, -0.2) is 17.6 Å². The van der Waals surface area contributed by atoms with Crippen LogP contribution in [0.4, 0.5) is 22.4 Å². The second-order valence-electron chi connectivity index (χ2n) is 9.08. The van der Waals surface area contributed by atoms with Crippen molar-refractivity contribution in [3.8, 4) is 5.06 Å². The number of amides is 1. The molecule has 0 spiro atoms. The van der Waals surface area contributed by atoms with Gasteiger partial charge in [-0.1, -0.05) is 39.7 Å². The van der Waals surface area contributed by atoms with Crippen LogP contribution < -0.4 is 10.1 Å². The smallest absolute Gasteiger partial charge is 0.399 e. The average molecular weight is 601 g/mol. The third kappa shape index (κ3) is 4.79. The van der Waals surface area contributed by atoms with Crippen molar-refractivity contribution in [3.05, 3.63) is 49.6 Å². The molecule has 0 bridgehead atoms. The first-order chi connectivity index (χ1) is 17.3. The molecule has 7 nitrogen and oxygen atoms in total. The first kappa shape index (κ1) is 26.5. The van der Waals surface area contributed by atoms with Gasteiger partial charge >= 0.3 is 12.3 Å². The van der Waals surface area contributed by atoms with Crippen molar-refractivity contribution >= 4 is 56.2 Å². The SMILES string of the molecule is O=C(NC1CS(=O)(=O)C1)Oc1sc(C2=NOC(c3cc(Cl)c(F)c(Cl)c3)(C(F)(F)F)C2)c2c1CCCC2. The molecule has 1 amide bonds. The molecule has 5 rings (SSSR count). The number of benzene rings is 1. The summed E-state index contributed by atoms with van der Waals surface area (Å²) in [4.78, 5) is 17.8. The van der Waals surface area contributed by atoms with Crippen LogP contribution in [-0.4, -0.2) is 43.9 Å². The highest BCUT2D eigenvalue weighted by Crippen LogP contribution is 2.52. The molecule has 37 heavy (non-hydrogen) atoms. The van der Waals surface area contributed by atoms with Crippen LogP contribution in [0.3, 0.4) is 0 Å². The van der Waals surface area contributed by atoms with Crippen LogP contribution in [0.2, 0.25) is 10.0 Å². The van der Waals surface area contributed by atoms with E-state index in [4.69, 9.17) is 32.8 Å². The number of halogens is 6. The number of fused-ring (bicyclic) bond motifs is 1. The molecule has 15 heteroatoms. The van der Waals surface area contributed by atoms with E-state index in [1.165, 1.54) is 0 Å². The van der Waals surface area contributed by atoms with Crippen molar-refractivity contribution < 1.29 is 40.3 Å². The molecule has 1 aliphatic carbocycles. The van der Waals surface area contributed by atoms with Gasteiger partial charge in [0, 0.05) is 11.1 Å². The zero-order valence-corrected chi connectivity index (χ0v) is 21.9. The standard InChI is InChI=1S/C22H18Cl2F4N2O5S2/c23-14-5-10(6-15(24)17(14)25)21(22(26,27)28)7-16(30-35-21)18-12-3-1-2-4-13(12)19(36-18)34-20(31)29-11-8-37(32,33)9-11/h5-6,11H,1-4,7-9H2,(H,29,31). The van der Waals surface area contributed by atoms with E-state index in [1.54, 1.807) is 0 Å². The topological polar surface area (TPSA) is 94.1 Å². The number of sulfone groups is 1. The summed E-state index contributed by atoms with van der Waals surface area (Å²) in [6.45, 7) is 0. The van der Waals surface area contributed by atoms with Crippen LogP contribution in [0.1, 0.15) is 40.8 Å². The largest absolute Gasteiger partial charge is 0.435 e. The number of hydrogen-bond acceptors (Lipinski definition) is 7. The van der Waals surface area contributed by atoms with Crippen molar-refractivity contribution in [2.75, 3.05) is 11.5 Å². The summed E-state index contributed by atoms with van der Waals surface area (Å²) in [6, 6.07) is 1.08. The highest BCUT2D eigenvalue weighted by Gasteiger charge is 2.63. The Labute approximate surface area is 222 Å². The molecule has 1 unspecified atom stereocenters. The van der Waals surface area contributed by atoms with Gasteiger partial charge in [0.05, 0.1) is 38.9 Å². The lowest BCUT2D eigenvalue weighted by Gasteiger charge is -2.29.